The number of carbonyl (C=O) groups is 3. The summed E-state index contributed by atoms with van der Waals surface area (Å²) in [5.74, 6) is 0.902. The molecule has 1 aromatic heterocycles. The van der Waals surface area contributed by atoms with E-state index in [0.717, 1.165) is 5.56 Å². The molecule has 3 atom stereocenters. The quantitative estimate of drug-likeness (QED) is 0.385. The van der Waals surface area contributed by atoms with Crippen LogP contribution in [0.4, 0.5) is 14.4 Å². The Kier molecular flexibility index (Phi) is 9.20. The van der Waals surface area contributed by atoms with E-state index in [-0.39, 0.29) is 25.3 Å². The number of nitrogens with one attached hydrogen (secondary N) is 2. The van der Waals surface area contributed by atoms with E-state index in [1.54, 1.807) is 60.8 Å². The summed E-state index contributed by atoms with van der Waals surface area (Å²) in [6, 6.07) is 6.49. The van der Waals surface area contributed by atoms with Gasteiger partial charge >= 0.3 is 18.3 Å². The van der Waals surface area contributed by atoms with Gasteiger partial charge in [0.25, 0.3) is 0 Å². The number of methoxy groups -OCH3 is 1. The van der Waals surface area contributed by atoms with Gasteiger partial charge in [0.2, 0.25) is 0 Å². The zero-order valence-corrected chi connectivity index (χ0v) is 23.2. The molecule has 2 N–H and O–H groups in total. The molecule has 2 amide bonds. The topological polar surface area (TPSA) is 167 Å². The Balaban J connectivity index is 1.89. The van der Waals surface area contributed by atoms with Crippen molar-refractivity contribution in [3.63, 3.8) is 0 Å². The third kappa shape index (κ3) is 9.00. The first kappa shape index (κ1) is 29.5. The van der Waals surface area contributed by atoms with Crippen LogP contribution in [-0.2, 0) is 31.9 Å². The standard InChI is InChI=1S/C25H36N6O8/c1-24(2,3)38-22(33)31-14-18(36-23(34)39-25(4,5)6)20(37-21(32)26-13-19-27-29-30-28-19)17(31)12-15-8-10-16(35-7)11-9-15/h8-11,17-18,20H,12-14H2,1-7H3,(H,26,32)(H,27,28,29,30)/t17-,18+,20+/m1/s1. The van der Waals surface area contributed by atoms with E-state index in [2.05, 4.69) is 25.9 Å². The van der Waals surface area contributed by atoms with Gasteiger partial charge in [0, 0.05) is 0 Å². The lowest BCUT2D eigenvalue weighted by Crippen LogP contribution is -2.46. The summed E-state index contributed by atoms with van der Waals surface area (Å²) in [7, 11) is 1.56. The highest BCUT2D eigenvalue weighted by molar-refractivity contribution is 5.71. The Morgan fingerprint density at radius 1 is 1.03 bits per heavy atom. The second-order valence-corrected chi connectivity index (χ2v) is 10.9. The van der Waals surface area contributed by atoms with Gasteiger partial charge in [-0.25, -0.2) is 14.4 Å². The molecule has 0 radical (unpaired) electrons. The van der Waals surface area contributed by atoms with Crippen molar-refractivity contribution in [2.75, 3.05) is 13.7 Å². The first-order valence-electron chi connectivity index (χ1n) is 12.4. The molecule has 0 spiro atoms. The van der Waals surface area contributed by atoms with Crippen molar-refractivity contribution in [2.45, 2.75) is 84.0 Å². The maximum Gasteiger partial charge on any atom is 0.509 e. The summed E-state index contributed by atoms with van der Waals surface area (Å²) in [4.78, 5) is 40.1. The molecule has 1 aliphatic rings. The number of carbonyl (C=O) groups excluding carboxylic acids is 3. The number of alkyl carbamates (subject to hydrolysis) is 1. The Hall–Kier alpha value is -4.10. The molecular formula is C25H36N6O8. The number of rotatable bonds is 7. The molecule has 2 heterocycles. The fourth-order valence-electron chi connectivity index (χ4n) is 3.85. The third-order valence-electron chi connectivity index (χ3n) is 5.41. The van der Waals surface area contributed by atoms with E-state index >= 15 is 0 Å². The molecule has 0 saturated carbocycles. The Labute approximate surface area is 226 Å². The van der Waals surface area contributed by atoms with Crippen LogP contribution in [0.15, 0.2) is 24.3 Å². The lowest BCUT2D eigenvalue weighted by Gasteiger charge is -2.30. The van der Waals surface area contributed by atoms with Gasteiger partial charge in [0.15, 0.2) is 18.0 Å². The molecule has 0 bridgehead atoms. The van der Waals surface area contributed by atoms with Crippen LogP contribution in [0.5, 0.6) is 5.75 Å². The van der Waals surface area contributed by atoms with Gasteiger partial charge in [-0.05, 0) is 65.7 Å². The normalized spacial score (nSPS) is 19.3. The molecule has 3 rings (SSSR count). The molecule has 1 saturated heterocycles. The Bertz CT molecular complexity index is 1110. The molecule has 214 valence electrons. The lowest BCUT2D eigenvalue weighted by molar-refractivity contribution is -0.0518. The van der Waals surface area contributed by atoms with Crippen molar-refractivity contribution in [3.05, 3.63) is 35.7 Å². The summed E-state index contributed by atoms with van der Waals surface area (Å²) in [6.45, 7) is 10.2. The van der Waals surface area contributed by atoms with E-state index in [9.17, 15) is 14.4 Å². The summed E-state index contributed by atoms with van der Waals surface area (Å²) < 4.78 is 27.5. The monoisotopic (exact) mass is 548 g/mol. The van der Waals surface area contributed by atoms with Crippen LogP contribution < -0.4 is 10.1 Å². The van der Waals surface area contributed by atoms with Gasteiger partial charge in [-0.1, -0.05) is 17.3 Å². The highest BCUT2D eigenvalue weighted by Gasteiger charge is 2.50. The maximum absolute atomic E-state index is 13.3. The molecule has 14 nitrogen and oxygen atoms in total. The van der Waals surface area contributed by atoms with Crippen molar-refractivity contribution >= 4 is 18.3 Å². The number of tetrazole rings is 1. The minimum atomic E-state index is -1.06. The number of benzene rings is 1. The first-order valence-corrected chi connectivity index (χ1v) is 12.4. The van der Waals surface area contributed by atoms with E-state index in [4.69, 9.17) is 23.7 Å². The molecule has 1 aliphatic heterocycles. The van der Waals surface area contributed by atoms with Gasteiger partial charge < -0.3 is 29.0 Å². The van der Waals surface area contributed by atoms with E-state index in [1.807, 2.05) is 12.1 Å². The average Bonchev–Trinajstić information content (AvgIpc) is 3.45. The highest BCUT2D eigenvalue weighted by atomic mass is 16.7. The van der Waals surface area contributed by atoms with Crippen LogP contribution in [0.25, 0.3) is 0 Å². The molecule has 0 aliphatic carbocycles. The minimum absolute atomic E-state index is 0.0570. The summed E-state index contributed by atoms with van der Waals surface area (Å²) in [5, 5.41) is 15.8. The van der Waals surface area contributed by atoms with Crippen molar-refractivity contribution in [3.8, 4) is 5.75 Å². The number of hydrogen-bond donors (Lipinski definition) is 2. The van der Waals surface area contributed by atoms with E-state index < -0.39 is 47.8 Å². The van der Waals surface area contributed by atoms with E-state index in [1.165, 1.54) is 4.90 Å². The highest BCUT2D eigenvalue weighted by Crippen LogP contribution is 2.30. The van der Waals surface area contributed by atoms with Crippen molar-refractivity contribution in [1.29, 1.82) is 0 Å². The molecular weight excluding hydrogens is 512 g/mol. The summed E-state index contributed by atoms with van der Waals surface area (Å²) >= 11 is 0. The smallest absolute Gasteiger partial charge is 0.497 e. The van der Waals surface area contributed by atoms with Crippen LogP contribution in [0.2, 0.25) is 0 Å². The summed E-state index contributed by atoms with van der Waals surface area (Å²) in [6.07, 6.45) is -4.25. The second-order valence-electron chi connectivity index (χ2n) is 10.9. The average molecular weight is 549 g/mol. The number of nitrogens with zero attached hydrogens (tertiary/aromatic N) is 4. The predicted molar refractivity (Wildman–Crippen MR) is 136 cm³/mol. The second kappa shape index (κ2) is 12.2. The Morgan fingerprint density at radius 2 is 1.69 bits per heavy atom. The zero-order valence-electron chi connectivity index (χ0n) is 23.2. The molecule has 0 unspecified atom stereocenters. The number of aromatic amines is 1. The van der Waals surface area contributed by atoms with Gasteiger partial charge in [0.1, 0.15) is 17.0 Å². The Morgan fingerprint density at radius 3 is 2.26 bits per heavy atom. The van der Waals surface area contributed by atoms with Crippen molar-refractivity contribution < 1.29 is 38.1 Å². The van der Waals surface area contributed by atoms with Gasteiger partial charge in [0.05, 0.1) is 26.2 Å². The number of H-pyrrole nitrogens is 1. The molecule has 1 fully saturated rings. The summed E-state index contributed by atoms with van der Waals surface area (Å²) in [5.41, 5.74) is -0.779. The minimum Gasteiger partial charge on any atom is -0.497 e. The van der Waals surface area contributed by atoms with Gasteiger partial charge in [-0.3, -0.25) is 4.90 Å². The number of likely N-dealkylation sites (tertiary alicyclic amines) is 1. The molecule has 2 aromatic rings. The SMILES string of the molecule is COc1ccc(C[C@@H]2[C@H](OC(=O)NCc3nn[nH]n3)[C@@H](OC(=O)OC(C)(C)C)CN2C(=O)OC(C)(C)C)cc1. The van der Waals surface area contributed by atoms with Crippen molar-refractivity contribution in [1.82, 2.24) is 30.8 Å². The van der Waals surface area contributed by atoms with Gasteiger partial charge in [-0.2, -0.15) is 5.21 Å². The van der Waals surface area contributed by atoms with Crippen LogP contribution in [0, 0.1) is 0 Å². The van der Waals surface area contributed by atoms with Crippen LogP contribution in [0.1, 0.15) is 52.9 Å². The van der Waals surface area contributed by atoms with E-state index in [0.29, 0.717) is 5.75 Å². The fourth-order valence-corrected chi connectivity index (χ4v) is 3.85. The molecule has 39 heavy (non-hydrogen) atoms. The van der Waals surface area contributed by atoms with Crippen LogP contribution in [-0.4, -0.2) is 87.0 Å². The van der Waals surface area contributed by atoms with Gasteiger partial charge in [-0.15, -0.1) is 10.2 Å². The lowest BCUT2D eigenvalue weighted by atomic mass is 10.0. The maximum atomic E-state index is 13.3. The number of ether oxygens (including phenoxy) is 5. The number of hydrogen-bond acceptors (Lipinski definition) is 11. The molecule has 1 aromatic carbocycles. The van der Waals surface area contributed by atoms with Crippen molar-refractivity contribution in [2.24, 2.45) is 0 Å². The van der Waals surface area contributed by atoms with Crippen LogP contribution >= 0.6 is 0 Å². The first-order chi connectivity index (χ1) is 18.2. The van der Waals surface area contributed by atoms with Crippen LogP contribution in [0.3, 0.4) is 0 Å². The third-order valence-corrected chi connectivity index (χ3v) is 5.41. The number of aromatic nitrogens is 4. The number of amides is 2. The zero-order chi connectivity index (χ0) is 28.8. The molecule has 14 heteroatoms. The largest absolute Gasteiger partial charge is 0.509 e. The predicted octanol–water partition coefficient (Wildman–Crippen LogP) is 2.99. The fraction of sp³-hybridized carbons (Fsp3) is 0.600.